The molecule has 2 nitrogen and oxygen atoms in total. The van der Waals surface area contributed by atoms with E-state index in [4.69, 9.17) is 0 Å². The fraction of sp³-hybridized carbons (Fsp3) is 0.556. The average molecular weight is 302 g/mol. The Kier molecular flexibility index (Phi) is 4.60. The Hall–Kier alpha value is -0.930. The number of aryl methyl sites for hydroxylation is 2. The summed E-state index contributed by atoms with van der Waals surface area (Å²) in [6.07, 6.45) is 6.14. The van der Waals surface area contributed by atoms with Crippen molar-refractivity contribution in [1.29, 1.82) is 0 Å². The molecule has 0 unspecified atom stereocenters. The first kappa shape index (κ1) is 15.0. The van der Waals surface area contributed by atoms with Gasteiger partial charge in [-0.1, -0.05) is 6.07 Å². The van der Waals surface area contributed by atoms with Crippen molar-refractivity contribution in [1.82, 2.24) is 9.88 Å². The number of rotatable bonds is 7. The van der Waals surface area contributed by atoms with Gasteiger partial charge in [-0.3, -0.25) is 0 Å². The van der Waals surface area contributed by atoms with Gasteiger partial charge in [0.15, 0.2) is 0 Å². The molecular weight excluding hydrogens is 276 g/mol. The maximum Gasteiger partial charge on any atom is 0.0485 e. The summed E-state index contributed by atoms with van der Waals surface area (Å²) in [5.74, 6) is 1.24. The summed E-state index contributed by atoms with van der Waals surface area (Å²) in [5.41, 5.74) is 5.70. The van der Waals surface area contributed by atoms with Crippen molar-refractivity contribution in [3.05, 3.63) is 35.0 Å². The molecule has 0 aliphatic heterocycles. The molecule has 0 spiro atoms. The van der Waals surface area contributed by atoms with Crippen LogP contribution in [-0.2, 0) is 13.1 Å². The molecule has 114 valence electrons. The molecule has 21 heavy (non-hydrogen) atoms. The fourth-order valence-electron chi connectivity index (χ4n) is 3.01. The van der Waals surface area contributed by atoms with Gasteiger partial charge in [-0.2, -0.15) is 11.8 Å². The summed E-state index contributed by atoms with van der Waals surface area (Å²) < 4.78 is 2.50. The molecule has 1 fully saturated rings. The van der Waals surface area contributed by atoms with Gasteiger partial charge in [-0.15, -0.1) is 0 Å². The largest absolute Gasteiger partial charge is 0.345 e. The van der Waals surface area contributed by atoms with Crippen LogP contribution < -0.4 is 5.32 Å². The first-order chi connectivity index (χ1) is 10.2. The zero-order chi connectivity index (χ0) is 14.8. The molecule has 1 aromatic carbocycles. The highest BCUT2D eigenvalue weighted by atomic mass is 32.2. The molecule has 3 heteroatoms. The van der Waals surface area contributed by atoms with E-state index in [-0.39, 0.29) is 0 Å². The lowest BCUT2D eigenvalue weighted by atomic mass is 10.1. The standard InChI is InChI=1S/C18H26N2S/c1-13-14(2)20(9-4-10-21-3)18-8-5-15(11-17(13)18)12-19-16-6-7-16/h5,8,11,16,19H,4,6-7,9-10,12H2,1-3H3. The van der Waals surface area contributed by atoms with Crippen molar-refractivity contribution in [3.8, 4) is 0 Å². The topological polar surface area (TPSA) is 17.0 Å². The molecule has 1 saturated carbocycles. The van der Waals surface area contributed by atoms with E-state index < -0.39 is 0 Å². The Bertz CT molecular complexity index is 626. The van der Waals surface area contributed by atoms with Crippen LogP contribution in [-0.4, -0.2) is 22.6 Å². The van der Waals surface area contributed by atoms with E-state index in [9.17, 15) is 0 Å². The number of thioether (sulfide) groups is 1. The molecule has 3 rings (SSSR count). The molecule has 1 heterocycles. The highest BCUT2D eigenvalue weighted by Gasteiger charge is 2.20. The SMILES string of the molecule is CSCCCn1c(C)c(C)c2cc(CNC3CC3)ccc21. The normalized spacial score (nSPS) is 15.0. The van der Waals surface area contributed by atoms with E-state index >= 15 is 0 Å². The van der Waals surface area contributed by atoms with Crippen LogP contribution in [0.15, 0.2) is 18.2 Å². The predicted molar refractivity (Wildman–Crippen MR) is 94.3 cm³/mol. The second-order valence-corrected chi connectivity index (χ2v) is 7.20. The molecule has 1 N–H and O–H groups in total. The monoisotopic (exact) mass is 302 g/mol. The Morgan fingerprint density at radius 2 is 2.10 bits per heavy atom. The first-order valence-electron chi connectivity index (χ1n) is 8.01. The van der Waals surface area contributed by atoms with E-state index in [1.54, 1.807) is 0 Å². The zero-order valence-corrected chi connectivity index (χ0v) is 14.2. The summed E-state index contributed by atoms with van der Waals surface area (Å²) in [5, 5.41) is 5.05. The first-order valence-corrected chi connectivity index (χ1v) is 9.40. The lowest BCUT2D eigenvalue weighted by Crippen LogP contribution is -2.15. The van der Waals surface area contributed by atoms with Crippen molar-refractivity contribution < 1.29 is 0 Å². The smallest absolute Gasteiger partial charge is 0.0485 e. The van der Waals surface area contributed by atoms with Gasteiger partial charge in [0.05, 0.1) is 0 Å². The quantitative estimate of drug-likeness (QED) is 0.770. The molecule has 1 aromatic heterocycles. The van der Waals surface area contributed by atoms with Gasteiger partial charge in [0.1, 0.15) is 0 Å². The maximum atomic E-state index is 3.61. The number of aromatic nitrogens is 1. The molecular formula is C18H26N2S. The van der Waals surface area contributed by atoms with Crippen LogP contribution in [0.25, 0.3) is 10.9 Å². The summed E-state index contributed by atoms with van der Waals surface area (Å²) in [6, 6.07) is 7.78. The summed E-state index contributed by atoms with van der Waals surface area (Å²) in [7, 11) is 0. The van der Waals surface area contributed by atoms with Gasteiger partial charge in [0.2, 0.25) is 0 Å². The van der Waals surface area contributed by atoms with Gasteiger partial charge in [0.25, 0.3) is 0 Å². The van der Waals surface area contributed by atoms with Gasteiger partial charge in [-0.25, -0.2) is 0 Å². The van der Waals surface area contributed by atoms with Crippen molar-refractivity contribution >= 4 is 22.7 Å². The van der Waals surface area contributed by atoms with Crippen LogP contribution in [0.3, 0.4) is 0 Å². The van der Waals surface area contributed by atoms with Gasteiger partial charge in [0, 0.05) is 35.7 Å². The molecule has 2 aromatic rings. The van der Waals surface area contributed by atoms with Crippen molar-refractivity contribution in [2.24, 2.45) is 0 Å². The molecule has 0 bridgehead atoms. The molecule has 0 radical (unpaired) electrons. The third kappa shape index (κ3) is 3.29. The lowest BCUT2D eigenvalue weighted by molar-refractivity contribution is 0.685. The Balaban J connectivity index is 1.84. The van der Waals surface area contributed by atoms with Crippen molar-refractivity contribution in [2.75, 3.05) is 12.0 Å². The number of benzene rings is 1. The highest BCUT2D eigenvalue weighted by Crippen LogP contribution is 2.27. The zero-order valence-electron chi connectivity index (χ0n) is 13.4. The van der Waals surface area contributed by atoms with Gasteiger partial charge < -0.3 is 9.88 Å². The van der Waals surface area contributed by atoms with E-state index in [2.05, 4.69) is 48.2 Å². The Morgan fingerprint density at radius 1 is 1.29 bits per heavy atom. The van der Waals surface area contributed by atoms with Crippen LogP contribution in [0.1, 0.15) is 36.1 Å². The molecule has 0 atom stereocenters. The summed E-state index contributed by atoms with van der Waals surface area (Å²) >= 11 is 1.93. The molecule has 1 aliphatic carbocycles. The van der Waals surface area contributed by atoms with E-state index in [0.29, 0.717) is 0 Å². The minimum atomic E-state index is 0.777. The molecule has 1 aliphatic rings. The third-order valence-corrected chi connectivity index (χ3v) is 5.30. The summed E-state index contributed by atoms with van der Waals surface area (Å²) in [6.45, 7) is 6.67. The minimum Gasteiger partial charge on any atom is -0.345 e. The van der Waals surface area contributed by atoms with Crippen LogP contribution in [0.5, 0.6) is 0 Å². The van der Waals surface area contributed by atoms with E-state index in [1.165, 1.54) is 52.7 Å². The minimum absolute atomic E-state index is 0.777. The van der Waals surface area contributed by atoms with Crippen LogP contribution >= 0.6 is 11.8 Å². The Morgan fingerprint density at radius 3 is 2.81 bits per heavy atom. The maximum absolute atomic E-state index is 3.61. The van der Waals surface area contributed by atoms with Gasteiger partial charge >= 0.3 is 0 Å². The van der Waals surface area contributed by atoms with Crippen molar-refractivity contribution in [3.63, 3.8) is 0 Å². The highest BCUT2D eigenvalue weighted by molar-refractivity contribution is 7.98. The number of hydrogen-bond acceptors (Lipinski definition) is 2. The van der Waals surface area contributed by atoms with Crippen LogP contribution in [0.4, 0.5) is 0 Å². The molecule has 0 amide bonds. The average Bonchev–Trinajstić information content (AvgIpc) is 3.29. The lowest BCUT2D eigenvalue weighted by Gasteiger charge is -2.08. The number of hydrogen-bond donors (Lipinski definition) is 1. The third-order valence-electron chi connectivity index (χ3n) is 4.61. The summed E-state index contributed by atoms with van der Waals surface area (Å²) in [4.78, 5) is 0. The Labute approximate surface area is 132 Å². The second-order valence-electron chi connectivity index (χ2n) is 6.22. The molecule has 0 saturated heterocycles. The predicted octanol–water partition coefficient (Wildman–Crippen LogP) is 4.26. The van der Waals surface area contributed by atoms with E-state index in [1.807, 2.05) is 11.8 Å². The van der Waals surface area contributed by atoms with Crippen LogP contribution in [0.2, 0.25) is 0 Å². The number of nitrogens with one attached hydrogen (secondary N) is 1. The fourth-order valence-corrected chi connectivity index (χ4v) is 3.43. The van der Waals surface area contributed by atoms with Crippen LogP contribution in [0, 0.1) is 13.8 Å². The van der Waals surface area contributed by atoms with E-state index in [0.717, 1.165) is 19.1 Å². The second kappa shape index (κ2) is 6.45. The number of nitrogens with zero attached hydrogens (tertiary/aromatic N) is 1. The van der Waals surface area contributed by atoms with Gasteiger partial charge in [-0.05, 0) is 68.4 Å². The van der Waals surface area contributed by atoms with Crippen molar-refractivity contribution in [2.45, 2.75) is 52.2 Å². The number of fused-ring (bicyclic) bond motifs is 1.